The molecule has 2 fully saturated rings. The van der Waals surface area contributed by atoms with Gasteiger partial charge in [-0.15, -0.1) is 0 Å². The number of rotatable bonds is 5. The van der Waals surface area contributed by atoms with Crippen LogP contribution in [-0.2, 0) is 0 Å². The van der Waals surface area contributed by atoms with E-state index in [0.29, 0.717) is 24.2 Å². The Morgan fingerprint density at radius 1 is 1.23 bits per heavy atom. The molecule has 0 amide bonds. The van der Waals surface area contributed by atoms with E-state index in [-0.39, 0.29) is 11.7 Å². The molecule has 5 nitrogen and oxygen atoms in total. The molecule has 3 rings (SSSR count). The summed E-state index contributed by atoms with van der Waals surface area (Å²) in [6.45, 7) is 3.39. The second-order valence-corrected chi connectivity index (χ2v) is 6.40. The zero-order chi connectivity index (χ0) is 15.5. The average Bonchev–Trinajstić information content (AvgIpc) is 2.89. The molecule has 1 aromatic carbocycles. The van der Waals surface area contributed by atoms with Crippen LogP contribution in [-0.4, -0.2) is 53.4 Å². The van der Waals surface area contributed by atoms with Gasteiger partial charge in [0.1, 0.15) is 17.9 Å². The first-order chi connectivity index (χ1) is 10.6. The molecule has 0 aromatic heterocycles. The predicted octanol–water partition coefficient (Wildman–Crippen LogP) is 1.86. The van der Waals surface area contributed by atoms with Gasteiger partial charge in [0.15, 0.2) is 0 Å². The van der Waals surface area contributed by atoms with Gasteiger partial charge in [0.05, 0.1) is 6.10 Å². The molecule has 3 atom stereocenters. The number of ether oxygens (including phenoxy) is 1. The highest BCUT2D eigenvalue weighted by atomic mass is 16.5. The number of nitrogens with zero attached hydrogens (tertiary/aromatic N) is 1. The van der Waals surface area contributed by atoms with Crippen molar-refractivity contribution < 1.29 is 19.7 Å². The Labute approximate surface area is 130 Å². The molecule has 22 heavy (non-hydrogen) atoms. The van der Waals surface area contributed by atoms with Crippen molar-refractivity contribution in [2.45, 2.75) is 25.4 Å². The number of carbonyl (C=O) groups is 1. The lowest BCUT2D eigenvalue weighted by molar-refractivity contribution is 0.0691. The fourth-order valence-corrected chi connectivity index (χ4v) is 3.74. The minimum absolute atomic E-state index is 0.125. The molecule has 2 aliphatic rings. The smallest absolute Gasteiger partial charge is 0.339 e. The summed E-state index contributed by atoms with van der Waals surface area (Å²) in [6.07, 6.45) is 2.84. The maximum atomic E-state index is 11.1. The van der Waals surface area contributed by atoms with Gasteiger partial charge in [-0.2, -0.15) is 0 Å². The van der Waals surface area contributed by atoms with Gasteiger partial charge in [-0.3, -0.25) is 4.90 Å². The monoisotopic (exact) mass is 305 g/mol. The van der Waals surface area contributed by atoms with Crippen LogP contribution in [0.3, 0.4) is 0 Å². The van der Waals surface area contributed by atoms with Crippen molar-refractivity contribution in [1.82, 2.24) is 4.90 Å². The largest absolute Gasteiger partial charge is 0.491 e. The summed E-state index contributed by atoms with van der Waals surface area (Å²) >= 11 is 0. The Balaban J connectivity index is 1.49. The van der Waals surface area contributed by atoms with Crippen LogP contribution >= 0.6 is 0 Å². The molecule has 1 aliphatic heterocycles. The van der Waals surface area contributed by atoms with E-state index in [1.807, 2.05) is 0 Å². The lowest BCUT2D eigenvalue weighted by atomic mass is 9.80. The second-order valence-electron chi connectivity index (χ2n) is 6.40. The number of para-hydroxylation sites is 1. The van der Waals surface area contributed by atoms with Crippen molar-refractivity contribution in [2.75, 3.05) is 26.2 Å². The molecule has 0 unspecified atom stereocenters. The Bertz CT molecular complexity index is 533. The third-order valence-electron chi connectivity index (χ3n) is 4.88. The van der Waals surface area contributed by atoms with Crippen LogP contribution in [0.25, 0.3) is 0 Å². The van der Waals surface area contributed by atoms with Crippen LogP contribution in [0.2, 0.25) is 0 Å². The molecule has 1 saturated carbocycles. The SMILES string of the molecule is O=C(O)c1ccccc1OCCN1C[C@H]2CC[C@@H](O)C[C@H]2C1. The number of hydrogen-bond donors (Lipinski definition) is 2. The third kappa shape index (κ3) is 3.42. The molecule has 0 bridgehead atoms. The summed E-state index contributed by atoms with van der Waals surface area (Å²) in [5.74, 6) is 0.781. The summed E-state index contributed by atoms with van der Waals surface area (Å²) in [7, 11) is 0. The standard InChI is InChI=1S/C17H23NO4/c19-14-6-5-12-10-18(11-13(12)9-14)7-8-22-16-4-2-1-3-15(16)17(20)21/h1-4,12-14,19H,5-11H2,(H,20,21)/t12-,13+,14-/m1/s1. The Hall–Kier alpha value is -1.59. The number of carboxylic acid groups (broad SMARTS) is 1. The fraction of sp³-hybridized carbons (Fsp3) is 0.588. The summed E-state index contributed by atoms with van der Waals surface area (Å²) in [5, 5.41) is 18.9. The van der Waals surface area contributed by atoms with Gasteiger partial charge in [-0.25, -0.2) is 4.79 Å². The van der Waals surface area contributed by atoms with Gasteiger partial charge >= 0.3 is 5.97 Å². The van der Waals surface area contributed by atoms with E-state index in [2.05, 4.69) is 4.90 Å². The Kier molecular flexibility index (Phi) is 4.64. The van der Waals surface area contributed by atoms with Crippen LogP contribution in [0, 0.1) is 11.8 Å². The predicted molar refractivity (Wildman–Crippen MR) is 82.2 cm³/mol. The Morgan fingerprint density at radius 2 is 2.00 bits per heavy atom. The fourth-order valence-electron chi connectivity index (χ4n) is 3.74. The van der Waals surface area contributed by atoms with Gasteiger partial charge in [0.2, 0.25) is 0 Å². The van der Waals surface area contributed by atoms with Crippen molar-refractivity contribution in [3.8, 4) is 5.75 Å². The van der Waals surface area contributed by atoms with Gasteiger partial charge in [0, 0.05) is 19.6 Å². The van der Waals surface area contributed by atoms with Gasteiger partial charge in [-0.05, 0) is 43.2 Å². The maximum absolute atomic E-state index is 11.1. The summed E-state index contributed by atoms with van der Waals surface area (Å²) in [6, 6.07) is 6.74. The number of fused-ring (bicyclic) bond motifs is 1. The zero-order valence-corrected chi connectivity index (χ0v) is 12.6. The van der Waals surface area contributed by atoms with Crippen molar-refractivity contribution in [2.24, 2.45) is 11.8 Å². The first-order valence-electron chi connectivity index (χ1n) is 7.99. The second kappa shape index (κ2) is 6.67. The minimum Gasteiger partial charge on any atom is -0.491 e. The van der Waals surface area contributed by atoms with Crippen LogP contribution in [0.4, 0.5) is 0 Å². The third-order valence-corrected chi connectivity index (χ3v) is 4.88. The summed E-state index contributed by atoms with van der Waals surface area (Å²) in [5.41, 5.74) is 0.209. The van der Waals surface area contributed by atoms with Crippen molar-refractivity contribution in [3.05, 3.63) is 29.8 Å². The molecule has 120 valence electrons. The molecule has 1 aliphatic carbocycles. The van der Waals surface area contributed by atoms with Crippen LogP contribution in [0.5, 0.6) is 5.75 Å². The molecule has 0 spiro atoms. The van der Waals surface area contributed by atoms with Crippen LogP contribution in [0.15, 0.2) is 24.3 Å². The van der Waals surface area contributed by atoms with Crippen molar-refractivity contribution in [3.63, 3.8) is 0 Å². The van der Waals surface area contributed by atoms with E-state index < -0.39 is 5.97 Å². The maximum Gasteiger partial charge on any atom is 0.339 e. The lowest BCUT2D eigenvalue weighted by Crippen LogP contribution is -2.27. The number of aliphatic hydroxyl groups is 1. The number of aliphatic hydroxyl groups excluding tert-OH is 1. The van der Waals surface area contributed by atoms with Crippen LogP contribution < -0.4 is 4.74 Å². The average molecular weight is 305 g/mol. The van der Waals surface area contributed by atoms with E-state index in [1.54, 1.807) is 24.3 Å². The molecule has 1 heterocycles. The lowest BCUT2D eigenvalue weighted by Gasteiger charge is -2.27. The van der Waals surface area contributed by atoms with E-state index in [1.165, 1.54) is 0 Å². The topological polar surface area (TPSA) is 70.0 Å². The molecule has 2 N–H and O–H groups in total. The summed E-state index contributed by atoms with van der Waals surface area (Å²) < 4.78 is 5.66. The van der Waals surface area contributed by atoms with Gasteiger partial charge in [0.25, 0.3) is 0 Å². The molecular formula is C17H23NO4. The normalized spacial score (nSPS) is 28.3. The molecule has 0 radical (unpaired) electrons. The molecule has 1 aromatic rings. The van der Waals surface area contributed by atoms with E-state index in [0.717, 1.165) is 38.9 Å². The molecule has 5 heteroatoms. The summed E-state index contributed by atoms with van der Waals surface area (Å²) in [4.78, 5) is 13.5. The number of hydrogen-bond acceptors (Lipinski definition) is 4. The number of carboxylic acids is 1. The molecular weight excluding hydrogens is 282 g/mol. The van der Waals surface area contributed by atoms with E-state index in [4.69, 9.17) is 9.84 Å². The van der Waals surface area contributed by atoms with Gasteiger partial charge < -0.3 is 14.9 Å². The quantitative estimate of drug-likeness (QED) is 0.869. The molecule has 1 saturated heterocycles. The Morgan fingerprint density at radius 3 is 2.82 bits per heavy atom. The van der Waals surface area contributed by atoms with E-state index in [9.17, 15) is 9.90 Å². The number of aromatic carboxylic acids is 1. The highest BCUT2D eigenvalue weighted by Crippen LogP contribution is 2.36. The first-order valence-corrected chi connectivity index (χ1v) is 7.99. The van der Waals surface area contributed by atoms with Crippen LogP contribution in [0.1, 0.15) is 29.6 Å². The zero-order valence-electron chi connectivity index (χ0n) is 12.6. The van der Waals surface area contributed by atoms with E-state index >= 15 is 0 Å². The highest BCUT2D eigenvalue weighted by Gasteiger charge is 2.36. The minimum atomic E-state index is -0.961. The van der Waals surface area contributed by atoms with Crippen molar-refractivity contribution >= 4 is 5.97 Å². The number of benzene rings is 1. The van der Waals surface area contributed by atoms with Crippen molar-refractivity contribution in [1.29, 1.82) is 0 Å². The number of likely N-dealkylation sites (tertiary alicyclic amines) is 1. The first kappa shape index (κ1) is 15.3. The van der Waals surface area contributed by atoms with Gasteiger partial charge in [-0.1, -0.05) is 12.1 Å². The highest BCUT2D eigenvalue weighted by molar-refractivity contribution is 5.90.